The first-order chi connectivity index (χ1) is 9.33. The maximum atomic E-state index is 11.8. The van der Waals surface area contributed by atoms with Gasteiger partial charge in [0, 0.05) is 0 Å². The SMILES string of the molecule is CC(C)(/C=C/C(C)(C)OS(=O)(=O)O[Si](C)(C)C)OS(C)(=O)=O. The zero-order valence-corrected chi connectivity index (χ0v) is 17.0. The summed E-state index contributed by atoms with van der Waals surface area (Å²) < 4.78 is 60.9. The molecule has 0 aromatic heterocycles. The lowest BCUT2D eigenvalue weighted by molar-refractivity contribution is 0.139. The molecule has 0 aliphatic carbocycles. The average molecular weight is 375 g/mol. The highest BCUT2D eigenvalue weighted by atomic mass is 32.3. The van der Waals surface area contributed by atoms with Crippen LogP contribution in [0.4, 0.5) is 0 Å². The highest BCUT2D eigenvalue weighted by Crippen LogP contribution is 2.22. The standard InChI is InChI=1S/C12H26O7S2Si/c1-11(2,17-20(5,13)14)9-10-12(3,4)18-21(15,16)19-22(6,7)8/h9-10H,1-8H3/b10-9+. The van der Waals surface area contributed by atoms with Crippen LogP contribution < -0.4 is 0 Å². The van der Waals surface area contributed by atoms with E-state index in [4.69, 9.17) is 12.2 Å². The molecular formula is C12H26O7S2Si. The average Bonchev–Trinajstić information content (AvgIpc) is 2.04. The third-order valence-corrected chi connectivity index (χ3v) is 6.10. The highest BCUT2D eigenvalue weighted by Gasteiger charge is 2.31. The molecule has 0 rings (SSSR count). The fourth-order valence-electron chi connectivity index (χ4n) is 1.43. The van der Waals surface area contributed by atoms with Crippen LogP contribution in [0.3, 0.4) is 0 Å². The van der Waals surface area contributed by atoms with Gasteiger partial charge in [0.15, 0.2) is 0 Å². The Morgan fingerprint density at radius 1 is 0.818 bits per heavy atom. The molecule has 0 atom stereocenters. The second-order valence-corrected chi connectivity index (χ2v) is 14.5. The van der Waals surface area contributed by atoms with Crippen LogP contribution in [-0.4, -0.2) is 42.6 Å². The minimum Gasteiger partial charge on any atom is -0.294 e. The van der Waals surface area contributed by atoms with Gasteiger partial charge in [0.1, 0.15) is 11.2 Å². The lowest BCUT2D eigenvalue weighted by Gasteiger charge is -2.25. The highest BCUT2D eigenvalue weighted by molar-refractivity contribution is 7.86. The van der Waals surface area contributed by atoms with Gasteiger partial charge in [-0.25, -0.2) is 4.18 Å². The summed E-state index contributed by atoms with van der Waals surface area (Å²) in [6.45, 7) is 11.3. The van der Waals surface area contributed by atoms with Crippen LogP contribution in [0, 0.1) is 0 Å². The molecule has 0 amide bonds. The lowest BCUT2D eigenvalue weighted by Crippen LogP contribution is -2.35. The van der Waals surface area contributed by atoms with Gasteiger partial charge in [0.2, 0.25) is 8.32 Å². The van der Waals surface area contributed by atoms with Crippen molar-refractivity contribution in [2.75, 3.05) is 6.26 Å². The zero-order valence-electron chi connectivity index (χ0n) is 14.3. The summed E-state index contributed by atoms with van der Waals surface area (Å²) in [5.41, 5.74) is -2.34. The first-order valence-electron chi connectivity index (χ1n) is 6.60. The second-order valence-electron chi connectivity index (χ2n) is 7.01. The molecule has 0 saturated heterocycles. The van der Waals surface area contributed by atoms with Crippen molar-refractivity contribution in [3.8, 4) is 0 Å². The van der Waals surface area contributed by atoms with Crippen molar-refractivity contribution in [1.82, 2.24) is 0 Å². The molecular weight excluding hydrogens is 348 g/mol. The third-order valence-electron chi connectivity index (χ3n) is 1.92. The van der Waals surface area contributed by atoms with E-state index in [-0.39, 0.29) is 0 Å². The van der Waals surface area contributed by atoms with E-state index >= 15 is 0 Å². The van der Waals surface area contributed by atoms with Gasteiger partial charge in [0.05, 0.1) is 6.26 Å². The van der Waals surface area contributed by atoms with Crippen LogP contribution in [0.5, 0.6) is 0 Å². The van der Waals surface area contributed by atoms with E-state index in [1.165, 1.54) is 39.8 Å². The molecule has 0 heterocycles. The topological polar surface area (TPSA) is 96.0 Å². The molecule has 0 bridgehead atoms. The second kappa shape index (κ2) is 6.69. The van der Waals surface area contributed by atoms with E-state index in [2.05, 4.69) is 0 Å². The van der Waals surface area contributed by atoms with Gasteiger partial charge in [-0.1, -0.05) is 12.2 Å². The molecule has 10 heteroatoms. The largest absolute Gasteiger partial charge is 0.390 e. The Kier molecular flexibility index (Phi) is 6.61. The molecule has 0 aromatic carbocycles. The van der Waals surface area contributed by atoms with Crippen LogP contribution in [0.2, 0.25) is 19.6 Å². The summed E-state index contributed by atoms with van der Waals surface area (Å²) in [7, 11) is -10.1. The Morgan fingerprint density at radius 3 is 1.50 bits per heavy atom. The quantitative estimate of drug-likeness (QED) is 0.365. The van der Waals surface area contributed by atoms with E-state index in [1.54, 1.807) is 19.6 Å². The normalized spacial score (nSPS) is 15.5. The summed E-state index contributed by atoms with van der Waals surface area (Å²) in [5.74, 6) is 0. The van der Waals surface area contributed by atoms with Gasteiger partial charge in [-0.05, 0) is 47.3 Å². The minimum atomic E-state index is -4.15. The molecule has 0 radical (unpaired) electrons. The van der Waals surface area contributed by atoms with Crippen molar-refractivity contribution in [2.24, 2.45) is 0 Å². The summed E-state index contributed by atoms with van der Waals surface area (Å²) in [6, 6.07) is 0. The summed E-state index contributed by atoms with van der Waals surface area (Å²) in [4.78, 5) is 0. The van der Waals surface area contributed by atoms with E-state index in [0.717, 1.165) is 6.26 Å². The molecule has 0 aliphatic rings. The van der Waals surface area contributed by atoms with Crippen molar-refractivity contribution in [2.45, 2.75) is 58.5 Å². The Labute approximate surface area is 135 Å². The van der Waals surface area contributed by atoms with Crippen LogP contribution in [0.15, 0.2) is 12.2 Å². The Balaban J connectivity index is 5.08. The monoisotopic (exact) mass is 374 g/mol. The van der Waals surface area contributed by atoms with E-state index in [1.807, 2.05) is 0 Å². The Hall–Kier alpha value is -0.263. The molecule has 7 nitrogen and oxygen atoms in total. The Morgan fingerprint density at radius 2 is 1.18 bits per heavy atom. The first-order valence-corrected chi connectivity index (χ1v) is 13.2. The number of rotatable bonds is 8. The fourth-order valence-corrected chi connectivity index (χ4v) is 5.44. The zero-order chi connectivity index (χ0) is 18.0. The molecule has 0 N–H and O–H groups in total. The molecule has 22 heavy (non-hydrogen) atoms. The van der Waals surface area contributed by atoms with E-state index in [9.17, 15) is 16.8 Å². The predicted molar refractivity (Wildman–Crippen MR) is 87.7 cm³/mol. The number of hydrogen-bond donors (Lipinski definition) is 0. The molecule has 132 valence electrons. The van der Waals surface area contributed by atoms with Gasteiger partial charge >= 0.3 is 10.4 Å². The summed E-state index contributed by atoms with van der Waals surface area (Å²) in [5, 5.41) is 0. The molecule has 0 spiro atoms. The van der Waals surface area contributed by atoms with Gasteiger partial charge in [-0.2, -0.15) is 16.8 Å². The van der Waals surface area contributed by atoms with Crippen LogP contribution in [0.1, 0.15) is 27.7 Å². The number of hydrogen-bond acceptors (Lipinski definition) is 7. The maximum absolute atomic E-state index is 11.8. The molecule has 0 aliphatic heterocycles. The molecule has 0 aromatic rings. The van der Waals surface area contributed by atoms with Crippen molar-refractivity contribution in [3.63, 3.8) is 0 Å². The van der Waals surface area contributed by atoms with Crippen molar-refractivity contribution < 1.29 is 29.1 Å². The summed E-state index contributed by atoms with van der Waals surface area (Å²) >= 11 is 0. The van der Waals surface area contributed by atoms with Crippen LogP contribution in [0.25, 0.3) is 0 Å². The van der Waals surface area contributed by atoms with Gasteiger partial charge in [0.25, 0.3) is 10.1 Å². The minimum absolute atomic E-state index is 0.941. The Bertz CT molecular complexity index is 610. The van der Waals surface area contributed by atoms with Gasteiger partial charge in [-0.3, -0.25) is 8.06 Å². The van der Waals surface area contributed by atoms with Gasteiger partial charge in [-0.15, -0.1) is 0 Å². The fraction of sp³-hybridized carbons (Fsp3) is 0.833. The molecule has 0 unspecified atom stereocenters. The van der Waals surface area contributed by atoms with Crippen LogP contribution >= 0.6 is 0 Å². The van der Waals surface area contributed by atoms with Gasteiger partial charge < -0.3 is 0 Å². The first kappa shape index (κ1) is 21.7. The lowest BCUT2D eigenvalue weighted by atomic mass is 10.0. The molecule has 0 saturated carbocycles. The van der Waals surface area contributed by atoms with Crippen molar-refractivity contribution >= 4 is 28.8 Å². The summed E-state index contributed by atoms with van der Waals surface area (Å²) in [6.07, 6.45) is 3.79. The van der Waals surface area contributed by atoms with E-state index in [0.29, 0.717) is 0 Å². The van der Waals surface area contributed by atoms with Crippen molar-refractivity contribution in [3.05, 3.63) is 12.2 Å². The van der Waals surface area contributed by atoms with Crippen molar-refractivity contribution in [1.29, 1.82) is 0 Å². The van der Waals surface area contributed by atoms with E-state index < -0.39 is 40.0 Å². The predicted octanol–water partition coefficient (Wildman–Crippen LogP) is 2.19. The third kappa shape index (κ3) is 11.3. The maximum Gasteiger partial charge on any atom is 0.390 e. The smallest absolute Gasteiger partial charge is 0.294 e. The molecule has 0 fully saturated rings. The van der Waals surface area contributed by atoms with Crippen LogP contribution in [-0.2, 0) is 32.8 Å².